The molecule has 192 valence electrons. The first-order chi connectivity index (χ1) is 16.6. The number of hydrogen-bond donors (Lipinski definition) is 2. The van der Waals surface area contributed by atoms with E-state index in [0.29, 0.717) is 47.5 Å². The Kier molecular flexibility index (Phi) is 9.68. The molecule has 35 heavy (non-hydrogen) atoms. The Hall–Kier alpha value is -3.56. The summed E-state index contributed by atoms with van der Waals surface area (Å²) in [6.07, 6.45) is 1.01. The molecule has 0 unspecified atom stereocenters. The van der Waals surface area contributed by atoms with Crippen LogP contribution in [-0.2, 0) is 56.0 Å². The summed E-state index contributed by atoms with van der Waals surface area (Å²) in [6, 6.07) is 0. The monoisotopic (exact) mass is 490 g/mol. The number of nitrogens with one attached hydrogen (secondary N) is 1. The fraction of sp³-hybridized carbons (Fsp3) is 0.520. The minimum absolute atomic E-state index is 0.0652. The molecule has 0 fully saturated rings. The van der Waals surface area contributed by atoms with Gasteiger partial charge in [0.15, 0.2) is 0 Å². The minimum atomic E-state index is -1.06. The topological polar surface area (TPSA) is 137 Å². The molecule has 10 heteroatoms. The van der Waals surface area contributed by atoms with Gasteiger partial charge in [-0.2, -0.15) is 0 Å². The number of carbonyl (C=O) groups excluding carboxylic acids is 3. The first-order valence-corrected chi connectivity index (χ1v) is 11.6. The van der Waals surface area contributed by atoms with E-state index in [1.54, 1.807) is 18.4 Å². The van der Waals surface area contributed by atoms with Crippen LogP contribution in [0.3, 0.4) is 0 Å². The molecule has 0 atom stereocenters. The van der Waals surface area contributed by atoms with Gasteiger partial charge in [-0.3, -0.25) is 9.59 Å². The Labute approximate surface area is 204 Å². The van der Waals surface area contributed by atoms with Crippen molar-refractivity contribution in [1.29, 1.82) is 0 Å². The Morgan fingerprint density at radius 2 is 1.63 bits per heavy atom. The third-order valence-electron chi connectivity index (χ3n) is 6.11. The molecule has 0 aliphatic rings. The number of esters is 3. The molecule has 0 spiro atoms. The normalized spacial score (nSPS) is 10.8. The quantitative estimate of drug-likeness (QED) is 0.342. The Morgan fingerprint density at radius 1 is 0.971 bits per heavy atom. The summed E-state index contributed by atoms with van der Waals surface area (Å²) in [6.45, 7) is 7.72. The van der Waals surface area contributed by atoms with E-state index in [1.807, 2.05) is 13.8 Å². The van der Waals surface area contributed by atoms with Crippen LogP contribution in [0.1, 0.15) is 81.8 Å². The van der Waals surface area contributed by atoms with Crippen LogP contribution in [0.4, 0.5) is 0 Å². The lowest BCUT2D eigenvalue weighted by molar-refractivity contribution is -0.141. The minimum Gasteiger partial charge on any atom is -0.477 e. The summed E-state index contributed by atoms with van der Waals surface area (Å²) in [7, 11) is 2.59. The highest BCUT2D eigenvalue weighted by Crippen LogP contribution is 2.30. The molecular weight excluding hydrogens is 456 g/mol. The molecule has 0 aliphatic carbocycles. The van der Waals surface area contributed by atoms with Crippen molar-refractivity contribution in [3.05, 3.63) is 45.0 Å². The molecule has 0 aliphatic heterocycles. The van der Waals surface area contributed by atoms with Crippen LogP contribution in [0.2, 0.25) is 0 Å². The molecule has 10 nitrogen and oxygen atoms in total. The number of aromatic nitrogens is 2. The van der Waals surface area contributed by atoms with Crippen molar-refractivity contribution in [2.24, 2.45) is 0 Å². The van der Waals surface area contributed by atoms with Gasteiger partial charge in [-0.1, -0.05) is 6.92 Å². The van der Waals surface area contributed by atoms with Gasteiger partial charge >= 0.3 is 23.9 Å². The van der Waals surface area contributed by atoms with Gasteiger partial charge in [-0.05, 0) is 55.9 Å². The van der Waals surface area contributed by atoms with Gasteiger partial charge in [-0.15, -0.1) is 0 Å². The number of rotatable bonds is 12. The number of ether oxygens (including phenoxy) is 3. The zero-order chi connectivity index (χ0) is 26.3. The molecule has 0 bridgehead atoms. The van der Waals surface area contributed by atoms with E-state index in [0.717, 1.165) is 5.56 Å². The second-order valence-corrected chi connectivity index (χ2v) is 7.96. The molecule has 0 saturated carbocycles. The van der Waals surface area contributed by atoms with Gasteiger partial charge in [0.05, 0.1) is 27.2 Å². The summed E-state index contributed by atoms with van der Waals surface area (Å²) in [4.78, 5) is 51.9. The van der Waals surface area contributed by atoms with E-state index >= 15 is 0 Å². The fourth-order valence-electron chi connectivity index (χ4n) is 4.46. The van der Waals surface area contributed by atoms with E-state index in [2.05, 4.69) is 4.98 Å². The number of nitrogens with zero attached hydrogens (tertiary/aromatic N) is 1. The summed E-state index contributed by atoms with van der Waals surface area (Å²) in [5.41, 5.74) is 4.28. The molecule has 2 aromatic rings. The molecule has 0 saturated heterocycles. The number of methoxy groups -OCH3 is 2. The van der Waals surface area contributed by atoms with Crippen molar-refractivity contribution in [3.63, 3.8) is 0 Å². The van der Waals surface area contributed by atoms with Crippen molar-refractivity contribution in [3.8, 4) is 0 Å². The molecule has 2 aromatic heterocycles. The molecule has 0 radical (unpaired) electrons. The standard InChI is InChI=1S/C25H34N2O8/c1-7-15-16(10-11-20(28)33-5)19(27(8-2)23(15)24(30)31)13-18-17(12-21(29)34-6)14(4)22(26-18)25(32)35-9-3/h26H,7-13H2,1-6H3,(H,30,31). The largest absolute Gasteiger partial charge is 0.477 e. The van der Waals surface area contributed by atoms with Crippen LogP contribution in [0.5, 0.6) is 0 Å². The Balaban J connectivity index is 2.72. The summed E-state index contributed by atoms with van der Waals surface area (Å²) < 4.78 is 16.5. The van der Waals surface area contributed by atoms with Crippen LogP contribution in [-0.4, -0.2) is 59.4 Å². The first-order valence-electron chi connectivity index (χ1n) is 11.6. The molecule has 2 rings (SSSR count). The van der Waals surface area contributed by atoms with Gasteiger partial charge in [0.1, 0.15) is 11.4 Å². The number of carbonyl (C=O) groups is 4. The second kappa shape index (κ2) is 12.2. The highest BCUT2D eigenvalue weighted by molar-refractivity contribution is 5.91. The maximum Gasteiger partial charge on any atom is 0.355 e. The number of aromatic amines is 1. The lowest BCUT2D eigenvalue weighted by Gasteiger charge is -2.12. The van der Waals surface area contributed by atoms with Crippen LogP contribution in [0, 0.1) is 6.92 Å². The first kappa shape index (κ1) is 27.7. The number of carboxylic acids is 1. The van der Waals surface area contributed by atoms with E-state index in [1.165, 1.54) is 14.2 Å². The van der Waals surface area contributed by atoms with Gasteiger partial charge in [-0.25, -0.2) is 9.59 Å². The maximum atomic E-state index is 12.5. The second-order valence-electron chi connectivity index (χ2n) is 7.96. The number of hydrogen-bond acceptors (Lipinski definition) is 7. The maximum absolute atomic E-state index is 12.5. The van der Waals surface area contributed by atoms with Crippen molar-refractivity contribution < 1.29 is 38.5 Å². The van der Waals surface area contributed by atoms with Crippen LogP contribution in [0.25, 0.3) is 0 Å². The average molecular weight is 491 g/mol. The van der Waals surface area contributed by atoms with E-state index < -0.39 is 23.9 Å². The number of carboxylic acid groups (broad SMARTS) is 1. The average Bonchev–Trinajstić information content (AvgIpc) is 3.31. The zero-order valence-electron chi connectivity index (χ0n) is 21.2. The molecule has 0 aromatic carbocycles. The van der Waals surface area contributed by atoms with Crippen molar-refractivity contribution in [2.75, 3.05) is 20.8 Å². The lowest BCUT2D eigenvalue weighted by atomic mass is 9.97. The predicted octanol–water partition coefficient (Wildman–Crippen LogP) is 2.99. The van der Waals surface area contributed by atoms with E-state index in [-0.39, 0.29) is 37.3 Å². The SMILES string of the molecule is CCOC(=O)c1[nH]c(Cc2c(CCC(=O)OC)c(CC)c(C(=O)O)n2CC)c(CC(=O)OC)c1C. The summed E-state index contributed by atoms with van der Waals surface area (Å²) in [5.74, 6) is -2.47. The number of aromatic carboxylic acids is 1. The molecule has 2 N–H and O–H groups in total. The predicted molar refractivity (Wildman–Crippen MR) is 127 cm³/mol. The Morgan fingerprint density at radius 3 is 2.14 bits per heavy atom. The molecular formula is C25H34N2O8. The van der Waals surface area contributed by atoms with E-state index in [4.69, 9.17) is 14.2 Å². The highest BCUT2D eigenvalue weighted by atomic mass is 16.5. The number of H-pyrrole nitrogens is 1. The third kappa shape index (κ3) is 5.93. The lowest BCUT2D eigenvalue weighted by Crippen LogP contribution is -2.13. The van der Waals surface area contributed by atoms with Gasteiger partial charge in [0.25, 0.3) is 0 Å². The van der Waals surface area contributed by atoms with Gasteiger partial charge in [0.2, 0.25) is 0 Å². The smallest absolute Gasteiger partial charge is 0.355 e. The Bertz CT molecular complexity index is 1110. The van der Waals surface area contributed by atoms with Crippen molar-refractivity contribution in [1.82, 2.24) is 9.55 Å². The van der Waals surface area contributed by atoms with Crippen LogP contribution in [0.15, 0.2) is 0 Å². The fourth-order valence-corrected chi connectivity index (χ4v) is 4.46. The zero-order valence-corrected chi connectivity index (χ0v) is 21.2. The van der Waals surface area contributed by atoms with Crippen LogP contribution < -0.4 is 0 Å². The van der Waals surface area contributed by atoms with Gasteiger partial charge < -0.3 is 28.9 Å². The summed E-state index contributed by atoms with van der Waals surface area (Å²) >= 11 is 0. The van der Waals surface area contributed by atoms with Gasteiger partial charge in [0, 0.05) is 30.8 Å². The highest BCUT2D eigenvalue weighted by Gasteiger charge is 2.28. The molecule has 2 heterocycles. The van der Waals surface area contributed by atoms with E-state index in [9.17, 15) is 24.3 Å². The third-order valence-corrected chi connectivity index (χ3v) is 6.11. The molecule has 0 amide bonds. The van der Waals surface area contributed by atoms with Crippen molar-refractivity contribution in [2.45, 2.75) is 66.3 Å². The van der Waals surface area contributed by atoms with Crippen LogP contribution >= 0.6 is 0 Å². The van der Waals surface area contributed by atoms with Crippen molar-refractivity contribution >= 4 is 23.9 Å². The summed E-state index contributed by atoms with van der Waals surface area (Å²) in [5, 5.41) is 9.98.